The third-order valence-corrected chi connectivity index (χ3v) is 8.49. The molecule has 1 fully saturated rings. The van der Waals surface area contributed by atoms with Crippen molar-refractivity contribution in [3.8, 4) is 17.2 Å². The zero-order valence-electron chi connectivity index (χ0n) is 18.9. The lowest BCUT2D eigenvalue weighted by atomic mass is 9.73. The summed E-state index contributed by atoms with van der Waals surface area (Å²) in [6.07, 6.45) is 0.770. The van der Waals surface area contributed by atoms with E-state index in [0.29, 0.717) is 19.4 Å². The van der Waals surface area contributed by atoms with Crippen molar-refractivity contribution in [2.45, 2.75) is 54.9 Å². The number of phenolic OH excluding ortho intramolecular Hbond substituents is 3. The van der Waals surface area contributed by atoms with Crippen molar-refractivity contribution in [3.63, 3.8) is 0 Å². The highest BCUT2D eigenvalue weighted by Gasteiger charge is 2.48. The van der Waals surface area contributed by atoms with Crippen LogP contribution in [0, 0.1) is 0 Å². The minimum Gasteiger partial charge on any atom is -0.507 e. The number of aromatic hydroxyl groups is 3. The van der Waals surface area contributed by atoms with Gasteiger partial charge in [0.05, 0.1) is 16.7 Å². The Morgan fingerprint density at radius 2 is 1.83 bits per heavy atom. The van der Waals surface area contributed by atoms with E-state index in [1.165, 1.54) is 36.9 Å². The zero-order chi connectivity index (χ0) is 25.2. The molecule has 5 rings (SSSR count). The number of rotatable bonds is 3. The van der Waals surface area contributed by atoms with Crippen molar-refractivity contribution in [2.24, 2.45) is 5.73 Å². The number of carbonyl (C=O) groups is 3. The second-order valence-electron chi connectivity index (χ2n) is 9.38. The fourth-order valence-corrected chi connectivity index (χ4v) is 6.87. The first-order valence-corrected chi connectivity index (χ1v) is 12.3. The summed E-state index contributed by atoms with van der Waals surface area (Å²) < 4.78 is 5.80. The quantitative estimate of drug-likeness (QED) is 0.337. The molecule has 0 saturated carbocycles. The van der Waals surface area contributed by atoms with Gasteiger partial charge in [0.25, 0.3) is 0 Å². The molecule has 1 aliphatic heterocycles. The number of nitrogens with two attached hydrogens (primary N) is 1. The number of Topliss-reactive ketones (excluding diaryl/α,β-unsaturated/α-hetero) is 1. The van der Waals surface area contributed by atoms with Crippen molar-refractivity contribution in [1.29, 1.82) is 0 Å². The molecule has 0 amide bonds. The van der Waals surface area contributed by atoms with E-state index in [2.05, 4.69) is 0 Å². The average Bonchev–Trinajstić information content (AvgIpc) is 2.79. The number of thioether (sulfide) groups is 1. The normalized spacial score (nSPS) is 27.7. The van der Waals surface area contributed by atoms with Gasteiger partial charge < -0.3 is 30.9 Å². The van der Waals surface area contributed by atoms with E-state index < -0.39 is 62.0 Å². The van der Waals surface area contributed by atoms with Crippen LogP contribution in [0.3, 0.4) is 0 Å². The summed E-state index contributed by atoms with van der Waals surface area (Å²) in [4.78, 5) is 39.1. The maximum atomic E-state index is 13.4. The second-order valence-corrected chi connectivity index (χ2v) is 10.7. The standard InChI is InChI=1S/C25H25NO8S/c1-10(27)25(33)8-13-18(15(9-25)35-16-7-11(26)5-6-34-16)24(32)20-19(22(13)30)21(29)12-3-2-4-14(28)17(12)23(20)31/h2-4,11,15-16,28,30,32-33H,5-9,26H2,1H3/t11-,15+,16-,25+/m1/s1. The SMILES string of the molecule is CC(=O)[C@]1(O)Cc2c(O)c3c(c(O)c2[C@@H](S[C@@H]2C[C@H](N)CCO2)C1)C(=O)c1c(O)cccc1C3=O. The molecular formula is C25H25NO8S. The molecule has 0 spiro atoms. The summed E-state index contributed by atoms with van der Waals surface area (Å²) in [6, 6.07) is 3.91. The molecule has 0 aromatic heterocycles. The van der Waals surface area contributed by atoms with Gasteiger partial charge in [-0.05, 0) is 32.3 Å². The predicted molar refractivity (Wildman–Crippen MR) is 126 cm³/mol. The first-order valence-electron chi connectivity index (χ1n) is 11.3. The monoisotopic (exact) mass is 499 g/mol. The summed E-state index contributed by atoms with van der Waals surface area (Å²) in [6.45, 7) is 1.67. The van der Waals surface area contributed by atoms with E-state index in [9.17, 15) is 34.8 Å². The van der Waals surface area contributed by atoms with Crippen molar-refractivity contribution in [2.75, 3.05) is 6.61 Å². The molecule has 0 bridgehead atoms. The molecule has 6 N–H and O–H groups in total. The highest BCUT2D eigenvalue weighted by molar-refractivity contribution is 8.00. The molecule has 2 aromatic carbocycles. The number of aliphatic hydroxyl groups is 1. The molecule has 2 aliphatic carbocycles. The fourth-order valence-electron chi connectivity index (χ4n) is 5.21. The van der Waals surface area contributed by atoms with E-state index in [0.717, 1.165) is 0 Å². The lowest BCUT2D eigenvalue weighted by Crippen LogP contribution is -2.44. The Balaban J connectivity index is 1.71. The molecule has 184 valence electrons. The summed E-state index contributed by atoms with van der Waals surface area (Å²) in [5.74, 6) is -3.55. The Kier molecular flexibility index (Phi) is 5.67. The molecular weight excluding hydrogens is 474 g/mol. The summed E-state index contributed by atoms with van der Waals surface area (Å²) >= 11 is 1.24. The van der Waals surface area contributed by atoms with Gasteiger partial charge in [-0.3, -0.25) is 14.4 Å². The minimum absolute atomic E-state index is 0.0348. The highest BCUT2D eigenvalue weighted by atomic mass is 32.2. The van der Waals surface area contributed by atoms with Gasteiger partial charge in [-0.1, -0.05) is 12.1 Å². The van der Waals surface area contributed by atoms with E-state index in [4.69, 9.17) is 10.5 Å². The van der Waals surface area contributed by atoms with Gasteiger partial charge in [-0.2, -0.15) is 0 Å². The number of hydrogen-bond donors (Lipinski definition) is 5. The minimum atomic E-state index is -1.85. The zero-order valence-corrected chi connectivity index (χ0v) is 19.7. The van der Waals surface area contributed by atoms with Crippen molar-refractivity contribution < 1.29 is 39.5 Å². The van der Waals surface area contributed by atoms with Crippen LogP contribution in [0.4, 0.5) is 0 Å². The van der Waals surface area contributed by atoms with Crippen molar-refractivity contribution in [1.82, 2.24) is 0 Å². The molecule has 2 aromatic rings. The molecule has 4 atom stereocenters. The molecule has 1 heterocycles. The van der Waals surface area contributed by atoms with Crippen LogP contribution in [0.1, 0.15) is 74.4 Å². The molecule has 35 heavy (non-hydrogen) atoms. The first kappa shape index (κ1) is 23.8. The Hall–Kier alpha value is -2.92. The highest BCUT2D eigenvalue weighted by Crippen LogP contribution is 2.55. The Labute approximate surface area is 204 Å². The third kappa shape index (κ3) is 3.63. The lowest BCUT2D eigenvalue weighted by molar-refractivity contribution is -0.136. The van der Waals surface area contributed by atoms with Crippen LogP contribution in [-0.2, 0) is 16.0 Å². The summed E-state index contributed by atoms with van der Waals surface area (Å²) in [7, 11) is 0. The summed E-state index contributed by atoms with van der Waals surface area (Å²) in [5.41, 5.74) is 2.86. The maximum absolute atomic E-state index is 13.4. The average molecular weight is 500 g/mol. The molecule has 10 heteroatoms. The molecule has 0 radical (unpaired) electrons. The number of phenols is 3. The molecule has 9 nitrogen and oxygen atoms in total. The van der Waals surface area contributed by atoms with Gasteiger partial charge in [0, 0.05) is 41.0 Å². The first-order chi connectivity index (χ1) is 16.5. The Bertz CT molecular complexity index is 1290. The molecule has 3 aliphatic rings. The Morgan fingerprint density at radius 3 is 2.51 bits per heavy atom. The van der Waals surface area contributed by atoms with E-state index in [1.807, 2.05) is 0 Å². The number of carbonyl (C=O) groups excluding carboxylic acids is 3. The maximum Gasteiger partial charge on any atom is 0.202 e. The predicted octanol–water partition coefficient (Wildman–Crippen LogP) is 2.08. The van der Waals surface area contributed by atoms with Gasteiger partial charge in [0.15, 0.2) is 11.6 Å². The number of ether oxygens (including phenoxy) is 1. The lowest BCUT2D eigenvalue weighted by Gasteiger charge is -2.40. The number of ketones is 3. The van der Waals surface area contributed by atoms with Crippen LogP contribution in [-0.4, -0.2) is 61.5 Å². The second kappa shape index (κ2) is 8.34. The van der Waals surface area contributed by atoms with Crippen LogP contribution < -0.4 is 5.73 Å². The largest absolute Gasteiger partial charge is 0.507 e. The Morgan fingerprint density at radius 1 is 1.11 bits per heavy atom. The van der Waals surface area contributed by atoms with Gasteiger partial charge in [-0.25, -0.2) is 0 Å². The smallest absolute Gasteiger partial charge is 0.202 e. The van der Waals surface area contributed by atoms with Gasteiger partial charge in [0.2, 0.25) is 5.78 Å². The van der Waals surface area contributed by atoms with E-state index in [1.54, 1.807) is 0 Å². The number of fused-ring (bicyclic) bond motifs is 3. The fraction of sp³-hybridized carbons (Fsp3) is 0.400. The van der Waals surface area contributed by atoms with Crippen LogP contribution in [0.2, 0.25) is 0 Å². The topological polar surface area (TPSA) is 167 Å². The van der Waals surface area contributed by atoms with Gasteiger partial charge in [0.1, 0.15) is 28.3 Å². The third-order valence-electron chi connectivity index (χ3n) is 7.13. The number of benzene rings is 2. The van der Waals surface area contributed by atoms with Crippen molar-refractivity contribution >= 4 is 29.1 Å². The number of hydrogen-bond acceptors (Lipinski definition) is 10. The van der Waals surface area contributed by atoms with Crippen molar-refractivity contribution in [3.05, 3.63) is 51.6 Å². The summed E-state index contributed by atoms with van der Waals surface area (Å²) in [5, 5.41) is 43.3. The van der Waals surface area contributed by atoms with Gasteiger partial charge in [-0.15, -0.1) is 11.8 Å². The van der Waals surface area contributed by atoms with E-state index in [-0.39, 0.29) is 41.1 Å². The van der Waals surface area contributed by atoms with Crippen LogP contribution in [0.15, 0.2) is 18.2 Å². The molecule has 1 saturated heterocycles. The molecule has 0 unspecified atom stereocenters. The van der Waals surface area contributed by atoms with Crippen LogP contribution >= 0.6 is 11.8 Å². The van der Waals surface area contributed by atoms with Gasteiger partial charge >= 0.3 is 0 Å². The van der Waals surface area contributed by atoms with Crippen LogP contribution in [0.5, 0.6) is 17.2 Å². The van der Waals surface area contributed by atoms with Crippen LogP contribution in [0.25, 0.3) is 0 Å². The van der Waals surface area contributed by atoms with E-state index >= 15 is 0 Å².